The number of nitrogens with zero attached hydrogens (tertiary/aromatic N) is 5. The minimum absolute atomic E-state index is 0.0634. The predicted molar refractivity (Wildman–Crippen MR) is 132 cm³/mol. The van der Waals surface area contributed by atoms with Crippen molar-refractivity contribution >= 4 is 28.2 Å². The number of carbonyl (C=O) groups excluding carboxylic acids is 1. The van der Waals surface area contributed by atoms with Crippen molar-refractivity contribution in [2.75, 3.05) is 27.2 Å². The fourth-order valence-electron chi connectivity index (χ4n) is 4.58. The van der Waals surface area contributed by atoms with E-state index in [4.69, 9.17) is 4.99 Å². The number of likely N-dealkylation sites (tertiary alicyclic amines) is 1. The van der Waals surface area contributed by atoms with Crippen molar-refractivity contribution in [1.29, 1.82) is 0 Å². The molecule has 0 saturated carbocycles. The lowest BCUT2D eigenvalue weighted by molar-refractivity contribution is 0.0827. The average Bonchev–Trinajstić information content (AvgIpc) is 3.40. The van der Waals surface area contributed by atoms with Crippen LogP contribution < -0.4 is 0 Å². The molecule has 1 fully saturated rings. The lowest BCUT2D eigenvalue weighted by Gasteiger charge is -2.34. The van der Waals surface area contributed by atoms with E-state index in [1.165, 1.54) is 0 Å². The molecule has 1 aliphatic rings. The maximum atomic E-state index is 12.5. The number of aromatic nitrogens is 3. The Morgan fingerprint density at radius 2 is 2.03 bits per heavy atom. The Morgan fingerprint density at radius 3 is 2.67 bits per heavy atom. The highest BCUT2D eigenvalue weighted by Gasteiger charge is 2.23. The molecule has 1 aliphatic heterocycles. The van der Waals surface area contributed by atoms with Gasteiger partial charge in [-0.1, -0.05) is 6.92 Å². The third-order valence-corrected chi connectivity index (χ3v) is 6.51. The van der Waals surface area contributed by atoms with Crippen LogP contribution in [0, 0.1) is 0 Å². The molecule has 0 bridgehead atoms. The standard InChI is InChI=1S/C25H34N6O2/c1-6-21(23-20-13-17(25(33)29(4)5)7-8-22(20)28-24(23)32)27-18-14-26-31(15-18)19-9-11-30(12-10-19)16(2)3/h7-8,13-16,19,28,32H,6,9-12H2,1-5H3. The molecule has 2 N–H and O–H groups in total. The van der Waals surface area contributed by atoms with Gasteiger partial charge in [0.05, 0.1) is 29.7 Å². The summed E-state index contributed by atoms with van der Waals surface area (Å²) in [6.07, 6.45) is 6.57. The molecule has 33 heavy (non-hydrogen) atoms. The minimum Gasteiger partial charge on any atom is -0.494 e. The van der Waals surface area contributed by atoms with Crippen molar-refractivity contribution in [3.05, 3.63) is 41.7 Å². The smallest absolute Gasteiger partial charge is 0.253 e. The first kappa shape index (κ1) is 23.0. The van der Waals surface area contributed by atoms with Gasteiger partial charge in [0.2, 0.25) is 0 Å². The monoisotopic (exact) mass is 450 g/mol. The second kappa shape index (κ2) is 9.39. The molecule has 0 unspecified atom stereocenters. The Bertz CT molecular complexity index is 1160. The van der Waals surface area contributed by atoms with Gasteiger partial charge in [-0.05, 0) is 51.3 Å². The molecule has 3 aromatic rings. The van der Waals surface area contributed by atoms with Gasteiger partial charge >= 0.3 is 0 Å². The number of hydrogen-bond donors (Lipinski definition) is 2. The first-order valence-corrected chi connectivity index (χ1v) is 11.7. The van der Waals surface area contributed by atoms with Crippen LogP contribution in [0.5, 0.6) is 5.88 Å². The maximum absolute atomic E-state index is 12.5. The lowest BCUT2D eigenvalue weighted by atomic mass is 10.0. The predicted octanol–water partition coefficient (Wildman–Crippen LogP) is 4.35. The summed E-state index contributed by atoms with van der Waals surface area (Å²) in [7, 11) is 3.45. The molecule has 1 amide bonds. The van der Waals surface area contributed by atoms with Crippen LogP contribution in [0.4, 0.5) is 5.69 Å². The van der Waals surface area contributed by atoms with Gasteiger partial charge in [-0.25, -0.2) is 4.99 Å². The molecule has 8 nitrogen and oxygen atoms in total. The molecule has 4 rings (SSSR count). The number of aromatic amines is 1. The molecular formula is C25H34N6O2. The number of aliphatic imine (C=N–C) groups is 1. The topological polar surface area (TPSA) is 89.7 Å². The minimum atomic E-state index is -0.0803. The van der Waals surface area contributed by atoms with Gasteiger partial charge in [-0.2, -0.15) is 5.10 Å². The summed E-state index contributed by atoms with van der Waals surface area (Å²) in [5, 5.41) is 16.1. The van der Waals surface area contributed by atoms with Crippen LogP contribution >= 0.6 is 0 Å². The molecule has 1 aromatic carbocycles. The molecule has 0 radical (unpaired) electrons. The first-order valence-electron chi connectivity index (χ1n) is 11.7. The Labute approximate surface area is 194 Å². The number of amides is 1. The third-order valence-electron chi connectivity index (χ3n) is 6.51. The summed E-state index contributed by atoms with van der Waals surface area (Å²) in [5.74, 6) is -0.0168. The van der Waals surface area contributed by atoms with E-state index in [1.54, 1.807) is 31.3 Å². The summed E-state index contributed by atoms with van der Waals surface area (Å²) in [6.45, 7) is 8.66. The molecule has 1 saturated heterocycles. The van der Waals surface area contributed by atoms with Crippen LogP contribution in [0.15, 0.2) is 35.6 Å². The number of H-pyrrole nitrogens is 1. The summed E-state index contributed by atoms with van der Waals surface area (Å²) >= 11 is 0. The van der Waals surface area contributed by atoms with Gasteiger partial charge in [-0.15, -0.1) is 0 Å². The molecule has 176 valence electrons. The molecule has 3 heterocycles. The van der Waals surface area contributed by atoms with Crippen LogP contribution in [0.1, 0.15) is 62.0 Å². The number of nitrogens with one attached hydrogen (secondary N) is 1. The fraction of sp³-hybridized carbons (Fsp3) is 0.480. The van der Waals surface area contributed by atoms with Gasteiger partial charge in [0, 0.05) is 49.7 Å². The van der Waals surface area contributed by atoms with Crippen LogP contribution in [0.3, 0.4) is 0 Å². The summed E-state index contributed by atoms with van der Waals surface area (Å²) in [4.78, 5) is 24.4. The average molecular weight is 451 g/mol. The Morgan fingerprint density at radius 1 is 1.30 bits per heavy atom. The zero-order valence-electron chi connectivity index (χ0n) is 20.2. The first-order chi connectivity index (χ1) is 15.8. The third kappa shape index (κ3) is 4.66. The van der Waals surface area contributed by atoms with E-state index in [9.17, 15) is 9.90 Å². The van der Waals surface area contributed by atoms with Crippen LogP contribution in [0.2, 0.25) is 0 Å². The quantitative estimate of drug-likeness (QED) is 0.547. The van der Waals surface area contributed by atoms with Crippen LogP contribution in [-0.4, -0.2) is 74.5 Å². The second-order valence-electron chi connectivity index (χ2n) is 9.26. The summed E-state index contributed by atoms with van der Waals surface area (Å²) in [5.41, 5.74) is 3.50. The van der Waals surface area contributed by atoms with Gasteiger partial charge in [0.15, 0.2) is 5.88 Å². The highest BCUT2D eigenvalue weighted by atomic mass is 16.3. The number of piperidine rings is 1. The van der Waals surface area contributed by atoms with Crippen molar-refractivity contribution < 1.29 is 9.90 Å². The number of benzene rings is 1. The van der Waals surface area contributed by atoms with Crippen molar-refractivity contribution in [3.63, 3.8) is 0 Å². The molecular weight excluding hydrogens is 416 g/mol. The SMILES string of the molecule is CCC(=Nc1cnn(C2CCN(C(C)C)CC2)c1)c1c(O)[nH]c2ccc(C(=O)N(C)C)cc12. The zero-order valence-corrected chi connectivity index (χ0v) is 20.2. The molecule has 0 aliphatic carbocycles. The summed E-state index contributed by atoms with van der Waals surface area (Å²) < 4.78 is 2.03. The van der Waals surface area contributed by atoms with E-state index in [0.717, 1.165) is 48.2 Å². The summed E-state index contributed by atoms with van der Waals surface area (Å²) in [6, 6.07) is 6.37. The Balaban J connectivity index is 1.63. The van der Waals surface area contributed by atoms with Gasteiger partial charge in [0.1, 0.15) is 5.69 Å². The molecule has 0 spiro atoms. The number of hydrogen-bond acceptors (Lipinski definition) is 5. The highest BCUT2D eigenvalue weighted by molar-refractivity contribution is 6.14. The number of fused-ring (bicyclic) bond motifs is 1. The van der Waals surface area contributed by atoms with Crippen LogP contribution in [-0.2, 0) is 0 Å². The van der Waals surface area contributed by atoms with Crippen LogP contribution in [0.25, 0.3) is 10.9 Å². The lowest BCUT2D eigenvalue weighted by Crippen LogP contribution is -2.39. The second-order valence-corrected chi connectivity index (χ2v) is 9.26. The normalized spacial score (nSPS) is 16.1. The number of aromatic hydroxyl groups is 1. The van der Waals surface area contributed by atoms with E-state index in [1.807, 2.05) is 29.9 Å². The van der Waals surface area contributed by atoms with Gasteiger partial charge in [0.25, 0.3) is 5.91 Å². The van der Waals surface area contributed by atoms with E-state index in [2.05, 4.69) is 28.8 Å². The maximum Gasteiger partial charge on any atom is 0.253 e. The van der Waals surface area contributed by atoms with Gasteiger partial charge < -0.3 is 19.9 Å². The Kier molecular flexibility index (Phi) is 6.56. The van der Waals surface area contributed by atoms with E-state index in [-0.39, 0.29) is 11.8 Å². The molecule has 8 heteroatoms. The fourth-order valence-corrected chi connectivity index (χ4v) is 4.58. The van der Waals surface area contributed by atoms with Crippen molar-refractivity contribution in [1.82, 2.24) is 24.6 Å². The van der Waals surface area contributed by atoms with Gasteiger partial charge in [-0.3, -0.25) is 9.48 Å². The molecule has 2 aromatic heterocycles. The number of carbonyl (C=O) groups is 1. The molecule has 0 atom stereocenters. The van der Waals surface area contributed by atoms with E-state index >= 15 is 0 Å². The Hall–Kier alpha value is -3.13. The van der Waals surface area contributed by atoms with E-state index in [0.29, 0.717) is 29.6 Å². The van der Waals surface area contributed by atoms with Crippen molar-refractivity contribution in [2.45, 2.75) is 52.1 Å². The van der Waals surface area contributed by atoms with Crippen molar-refractivity contribution in [2.24, 2.45) is 4.99 Å². The largest absolute Gasteiger partial charge is 0.494 e. The van der Waals surface area contributed by atoms with Crippen molar-refractivity contribution in [3.8, 4) is 5.88 Å². The zero-order chi connectivity index (χ0) is 23.7. The van der Waals surface area contributed by atoms with E-state index < -0.39 is 0 Å². The number of rotatable bonds is 6. The highest BCUT2D eigenvalue weighted by Crippen LogP contribution is 2.32.